The molecule has 12 heteroatoms. The lowest BCUT2D eigenvalue weighted by Crippen LogP contribution is -2.12. The van der Waals surface area contributed by atoms with Crippen molar-refractivity contribution in [2.75, 3.05) is 0 Å². The van der Waals surface area contributed by atoms with Crippen LogP contribution in [0.15, 0.2) is 77.7 Å². The molecular formula is C33H28O11S. The third-order valence-electron chi connectivity index (χ3n) is 6.80. The van der Waals surface area contributed by atoms with Crippen LogP contribution in [-0.2, 0) is 16.5 Å². The molecule has 0 fully saturated rings. The van der Waals surface area contributed by atoms with Crippen molar-refractivity contribution in [3.63, 3.8) is 0 Å². The maximum Gasteiger partial charge on any atom is 0.336 e. The quantitative estimate of drug-likeness (QED) is 0.114. The topological polar surface area (TPSA) is 182 Å². The zero-order chi connectivity index (χ0) is 33.1. The van der Waals surface area contributed by atoms with Crippen molar-refractivity contribution in [1.29, 1.82) is 0 Å². The Hall–Kier alpha value is -5.33. The molecule has 0 aliphatic rings. The predicted octanol–water partition coefficient (Wildman–Crippen LogP) is 6.55. The molecule has 45 heavy (non-hydrogen) atoms. The van der Waals surface area contributed by atoms with E-state index in [9.17, 15) is 42.4 Å². The number of aromatic carboxylic acids is 2. The number of carboxylic acids is 2. The first-order valence-corrected chi connectivity index (χ1v) is 15.0. The summed E-state index contributed by atoms with van der Waals surface area (Å²) in [6.45, 7) is 5.23. The second-order valence-electron chi connectivity index (χ2n) is 10.1. The van der Waals surface area contributed by atoms with Crippen LogP contribution in [0.2, 0.25) is 0 Å². The second-order valence-corrected chi connectivity index (χ2v) is 11.5. The molecular weight excluding hydrogens is 604 g/mol. The van der Waals surface area contributed by atoms with E-state index in [1.807, 2.05) is 13.0 Å². The summed E-state index contributed by atoms with van der Waals surface area (Å²) in [4.78, 5) is 48.6. The van der Waals surface area contributed by atoms with Crippen LogP contribution in [0.1, 0.15) is 71.5 Å². The molecule has 0 aliphatic carbocycles. The molecule has 11 nitrogen and oxygen atoms in total. The van der Waals surface area contributed by atoms with Crippen LogP contribution in [0.5, 0.6) is 23.0 Å². The highest BCUT2D eigenvalue weighted by molar-refractivity contribution is 7.86. The average molecular weight is 633 g/mol. The molecule has 4 aromatic carbocycles. The summed E-state index contributed by atoms with van der Waals surface area (Å²) in [5, 5.41) is 19.1. The van der Waals surface area contributed by atoms with Gasteiger partial charge in [-0.2, -0.15) is 8.42 Å². The molecule has 0 spiro atoms. The molecule has 0 bridgehead atoms. The fraction of sp³-hybridized carbons (Fsp3) is 0.152. The van der Waals surface area contributed by atoms with Crippen LogP contribution >= 0.6 is 0 Å². The van der Waals surface area contributed by atoms with Gasteiger partial charge in [-0.15, -0.1) is 0 Å². The summed E-state index contributed by atoms with van der Waals surface area (Å²) >= 11 is 0. The van der Waals surface area contributed by atoms with Crippen molar-refractivity contribution < 1.29 is 51.8 Å². The van der Waals surface area contributed by atoms with E-state index in [-0.39, 0.29) is 51.5 Å². The van der Waals surface area contributed by atoms with Crippen molar-refractivity contribution in [1.82, 2.24) is 0 Å². The Morgan fingerprint density at radius 2 is 1.22 bits per heavy atom. The maximum atomic E-state index is 13.4. The zero-order valence-electron chi connectivity index (χ0n) is 24.4. The molecule has 0 saturated heterocycles. The number of carbonyl (C=O) groups is 4. The Kier molecular flexibility index (Phi) is 9.50. The third-order valence-corrected chi connectivity index (χ3v) is 7.68. The largest absolute Gasteiger partial charge is 0.478 e. The van der Waals surface area contributed by atoms with Gasteiger partial charge in [0.1, 0.15) is 27.9 Å². The van der Waals surface area contributed by atoms with Crippen molar-refractivity contribution >= 4 is 33.6 Å². The number of benzene rings is 4. The number of ketones is 2. The van der Waals surface area contributed by atoms with Crippen LogP contribution in [0.3, 0.4) is 0 Å². The van der Waals surface area contributed by atoms with Gasteiger partial charge in [-0.3, -0.25) is 14.1 Å². The van der Waals surface area contributed by atoms with E-state index in [4.69, 9.17) is 9.47 Å². The van der Waals surface area contributed by atoms with Gasteiger partial charge in [0.25, 0.3) is 10.1 Å². The van der Waals surface area contributed by atoms with Crippen molar-refractivity contribution in [3.05, 3.63) is 112 Å². The fourth-order valence-corrected chi connectivity index (χ4v) is 5.26. The third kappa shape index (κ3) is 7.61. The molecule has 0 aliphatic heterocycles. The van der Waals surface area contributed by atoms with Crippen LogP contribution in [0.25, 0.3) is 0 Å². The van der Waals surface area contributed by atoms with Gasteiger partial charge in [0.05, 0.1) is 11.1 Å². The minimum absolute atomic E-state index is 0.0252. The Morgan fingerprint density at radius 3 is 1.73 bits per heavy atom. The predicted molar refractivity (Wildman–Crippen MR) is 162 cm³/mol. The van der Waals surface area contributed by atoms with Crippen LogP contribution in [-0.4, -0.2) is 46.7 Å². The summed E-state index contributed by atoms with van der Waals surface area (Å²) in [6, 6.07) is 16.4. The molecule has 0 saturated carbocycles. The first-order chi connectivity index (χ1) is 21.2. The minimum atomic E-state index is -4.79. The summed E-state index contributed by atoms with van der Waals surface area (Å²) in [5.74, 6) is -3.53. The second kappa shape index (κ2) is 13.1. The van der Waals surface area contributed by atoms with E-state index in [0.717, 1.165) is 23.3 Å². The van der Waals surface area contributed by atoms with E-state index < -0.39 is 44.9 Å². The summed E-state index contributed by atoms with van der Waals surface area (Å²) in [5.41, 5.74) is 0.962. The SMILES string of the molecule is CCC(=O)c1cc(Oc2ccc(C(=O)O)c(C(=O)Cc3ccc(Oc4ccc(C)cc4C)c(S(=O)(=O)O)c3)c2)ccc1C(=O)O. The molecule has 0 unspecified atom stereocenters. The van der Waals surface area contributed by atoms with Crippen molar-refractivity contribution in [3.8, 4) is 23.0 Å². The smallest absolute Gasteiger partial charge is 0.336 e. The summed E-state index contributed by atoms with van der Waals surface area (Å²) in [6.07, 6.45) is -0.397. The van der Waals surface area contributed by atoms with Crippen LogP contribution in [0, 0.1) is 13.8 Å². The summed E-state index contributed by atoms with van der Waals surface area (Å²) in [7, 11) is -4.79. The van der Waals surface area contributed by atoms with Gasteiger partial charge in [-0.1, -0.05) is 30.7 Å². The minimum Gasteiger partial charge on any atom is -0.478 e. The lowest BCUT2D eigenvalue weighted by molar-refractivity contribution is 0.0683. The average Bonchev–Trinajstić information content (AvgIpc) is 2.98. The summed E-state index contributed by atoms with van der Waals surface area (Å²) < 4.78 is 45.9. The number of carboxylic acid groups (broad SMARTS) is 2. The Labute approximate surface area is 258 Å². The highest BCUT2D eigenvalue weighted by Gasteiger charge is 2.23. The molecule has 3 N–H and O–H groups in total. The Balaban J connectivity index is 1.66. The molecule has 0 amide bonds. The normalized spacial score (nSPS) is 11.1. The standard InChI is InChI=1S/C33H28O11S/c1-4-27(34)25-16-21(7-9-23(25)32(36)37)43-22-8-10-24(33(38)39)26(17-22)28(35)14-20-6-12-30(31(15-20)45(40,41)42)44-29-11-5-18(2)13-19(29)3/h5-13,15-17H,4,14H2,1-3H3,(H,36,37)(H,38,39)(H,40,41,42). The fourth-order valence-electron chi connectivity index (χ4n) is 4.60. The number of carbonyl (C=O) groups excluding carboxylic acids is 2. The zero-order valence-corrected chi connectivity index (χ0v) is 25.2. The van der Waals surface area contributed by atoms with E-state index >= 15 is 0 Å². The van der Waals surface area contributed by atoms with Gasteiger partial charge in [0.2, 0.25) is 0 Å². The number of Topliss-reactive ketones (excluding diaryl/α,β-unsaturated/α-hetero) is 2. The van der Waals surface area contributed by atoms with Gasteiger partial charge in [0, 0.05) is 24.0 Å². The van der Waals surface area contributed by atoms with Crippen LogP contribution < -0.4 is 9.47 Å². The van der Waals surface area contributed by atoms with E-state index in [1.165, 1.54) is 42.5 Å². The van der Waals surface area contributed by atoms with Crippen molar-refractivity contribution in [2.24, 2.45) is 0 Å². The van der Waals surface area contributed by atoms with Gasteiger partial charge in [0.15, 0.2) is 11.6 Å². The van der Waals surface area contributed by atoms with E-state index in [1.54, 1.807) is 26.0 Å². The number of aryl methyl sites for hydroxylation is 2. The van der Waals surface area contributed by atoms with Crippen molar-refractivity contribution in [2.45, 2.75) is 38.5 Å². The molecule has 0 atom stereocenters. The van der Waals surface area contributed by atoms with Gasteiger partial charge in [-0.25, -0.2) is 9.59 Å². The number of ether oxygens (including phenoxy) is 2. The molecule has 0 heterocycles. The molecule has 4 aromatic rings. The Bertz CT molecular complexity index is 1960. The molecule has 0 radical (unpaired) electrons. The van der Waals surface area contributed by atoms with Gasteiger partial charge < -0.3 is 19.7 Å². The van der Waals surface area contributed by atoms with E-state index in [0.29, 0.717) is 5.75 Å². The van der Waals surface area contributed by atoms with Gasteiger partial charge >= 0.3 is 11.9 Å². The maximum absolute atomic E-state index is 13.4. The number of hydrogen-bond acceptors (Lipinski definition) is 8. The first kappa shape index (κ1) is 32.6. The van der Waals surface area contributed by atoms with E-state index in [2.05, 4.69) is 0 Å². The monoisotopic (exact) mass is 632 g/mol. The van der Waals surface area contributed by atoms with Crippen LogP contribution in [0.4, 0.5) is 0 Å². The lowest BCUT2D eigenvalue weighted by Gasteiger charge is -2.14. The molecule has 4 rings (SSSR count). The molecule has 0 aromatic heterocycles. The highest BCUT2D eigenvalue weighted by Crippen LogP contribution is 2.33. The first-order valence-electron chi connectivity index (χ1n) is 13.5. The highest BCUT2D eigenvalue weighted by atomic mass is 32.2. The number of rotatable bonds is 12. The number of hydrogen-bond donors (Lipinski definition) is 3. The lowest BCUT2D eigenvalue weighted by atomic mass is 9.98. The molecule has 232 valence electrons. The Morgan fingerprint density at radius 1 is 0.667 bits per heavy atom. The van der Waals surface area contributed by atoms with Gasteiger partial charge in [-0.05, 0) is 79.6 Å².